The summed E-state index contributed by atoms with van der Waals surface area (Å²) in [6, 6.07) is 4.55. The summed E-state index contributed by atoms with van der Waals surface area (Å²) >= 11 is 0. The van der Waals surface area contributed by atoms with Crippen LogP contribution < -0.4 is 21.1 Å². The zero-order valence-corrected chi connectivity index (χ0v) is 23.4. The number of hydrogen-bond acceptors (Lipinski definition) is 7. The van der Waals surface area contributed by atoms with Gasteiger partial charge in [-0.15, -0.1) is 6.42 Å². The van der Waals surface area contributed by atoms with Crippen LogP contribution in [0, 0.1) is 25.1 Å². The van der Waals surface area contributed by atoms with Gasteiger partial charge in [0.2, 0.25) is 5.91 Å². The molecule has 3 aromatic rings. The van der Waals surface area contributed by atoms with Gasteiger partial charge in [0, 0.05) is 12.1 Å². The summed E-state index contributed by atoms with van der Waals surface area (Å²) in [4.78, 5) is 68.8. The summed E-state index contributed by atoms with van der Waals surface area (Å²) in [6.07, 6.45) is 6.26. The van der Waals surface area contributed by atoms with Crippen molar-refractivity contribution in [2.75, 3.05) is 11.4 Å². The molecule has 0 saturated carbocycles. The van der Waals surface area contributed by atoms with E-state index in [1.54, 1.807) is 17.9 Å². The summed E-state index contributed by atoms with van der Waals surface area (Å²) in [6.45, 7) is 3.07. The van der Waals surface area contributed by atoms with Gasteiger partial charge in [-0.05, 0) is 74.6 Å². The lowest BCUT2D eigenvalue weighted by molar-refractivity contribution is -0.142. The highest BCUT2D eigenvalue weighted by atomic mass is 19.1. The third-order valence-electron chi connectivity index (χ3n) is 7.31. The Labute approximate surface area is 245 Å². The number of carboxylic acids is 2. The highest BCUT2D eigenvalue weighted by molar-refractivity contribution is 5.97. The number of rotatable bonds is 11. The van der Waals surface area contributed by atoms with E-state index in [-0.39, 0.29) is 31.0 Å². The van der Waals surface area contributed by atoms with Gasteiger partial charge < -0.3 is 30.7 Å². The van der Waals surface area contributed by atoms with Gasteiger partial charge in [-0.1, -0.05) is 5.92 Å². The van der Waals surface area contributed by atoms with Crippen molar-refractivity contribution in [3.05, 3.63) is 69.0 Å². The monoisotopic (exact) mass is 591 g/mol. The van der Waals surface area contributed by atoms with Gasteiger partial charge in [0.1, 0.15) is 23.7 Å². The molecule has 0 bridgehead atoms. The van der Waals surface area contributed by atoms with Gasteiger partial charge in [-0.25, -0.2) is 14.2 Å². The van der Waals surface area contributed by atoms with E-state index in [1.165, 1.54) is 19.1 Å². The van der Waals surface area contributed by atoms with Gasteiger partial charge in [-0.3, -0.25) is 19.2 Å². The minimum atomic E-state index is -1.53. The smallest absolute Gasteiger partial charge is 0.326 e. The third-order valence-corrected chi connectivity index (χ3v) is 7.31. The molecule has 1 aromatic heterocycles. The standard InChI is InChI=1S/C30H30FN5O7/c1-4-11-36(25-9-5-17-12-24-21(14-20(17)25)28(39)34-16(3)33-24)18-6-7-19(22(31)13-18)27(38)35-23(30(42)43)8-10-26(37)32-15(2)29(40)41/h1,6-7,12-15,23,25H,5,8-11H2,2-3H3,(H,32,37)(H,35,38)(H,40,41)(H,42,43)(H,33,34,39)/t15-,23+,25?/m1/s1. The molecule has 12 nitrogen and oxygen atoms in total. The number of benzene rings is 2. The highest BCUT2D eigenvalue weighted by Gasteiger charge is 2.30. The lowest BCUT2D eigenvalue weighted by Gasteiger charge is -2.30. The fraction of sp³-hybridized carbons (Fsp3) is 0.333. The number of H-pyrrole nitrogens is 1. The molecule has 2 amide bonds. The second kappa shape index (κ2) is 12.7. The fourth-order valence-corrected chi connectivity index (χ4v) is 5.15. The summed E-state index contributed by atoms with van der Waals surface area (Å²) < 4.78 is 15.3. The Balaban J connectivity index is 1.53. The van der Waals surface area contributed by atoms with Crippen LogP contribution in [0.25, 0.3) is 10.9 Å². The number of carbonyl (C=O) groups is 4. The minimum absolute atomic E-state index is 0.110. The van der Waals surface area contributed by atoms with Crippen LogP contribution in [-0.4, -0.2) is 62.6 Å². The van der Waals surface area contributed by atoms with E-state index < -0.39 is 47.2 Å². The van der Waals surface area contributed by atoms with Crippen LogP contribution in [0.15, 0.2) is 35.1 Å². The Morgan fingerprint density at radius 1 is 1.19 bits per heavy atom. The first kappa shape index (κ1) is 30.7. The van der Waals surface area contributed by atoms with Crippen molar-refractivity contribution in [3.63, 3.8) is 0 Å². The van der Waals surface area contributed by atoms with Crippen LogP contribution >= 0.6 is 0 Å². The molecule has 0 radical (unpaired) electrons. The number of anilines is 1. The number of aliphatic carboxylic acids is 2. The topological polar surface area (TPSA) is 182 Å². The third kappa shape index (κ3) is 6.81. The quantitative estimate of drug-likeness (QED) is 0.208. The van der Waals surface area contributed by atoms with Gasteiger partial charge in [-0.2, -0.15) is 0 Å². The molecule has 2 aromatic carbocycles. The average molecular weight is 592 g/mol. The van der Waals surface area contributed by atoms with E-state index in [2.05, 4.69) is 26.5 Å². The number of aromatic nitrogens is 2. The van der Waals surface area contributed by atoms with Crippen molar-refractivity contribution >= 4 is 40.3 Å². The highest BCUT2D eigenvalue weighted by Crippen LogP contribution is 2.39. The molecular formula is C30H30FN5O7. The van der Waals surface area contributed by atoms with Crippen LogP contribution in [0.2, 0.25) is 0 Å². The number of halogens is 1. The number of aromatic amines is 1. The van der Waals surface area contributed by atoms with Gasteiger partial charge in [0.05, 0.1) is 29.1 Å². The van der Waals surface area contributed by atoms with Gasteiger partial charge in [0.25, 0.3) is 11.5 Å². The van der Waals surface area contributed by atoms with Crippen LogP contribution in [0.5, 0.6) is 0 Å². The molecule has 1 aliphatic carbocycles. The van der Waals surface area contributed by atoms with Crippen molar-refractivity contribution < 1.29 is 33.8 Å². The first-order valence-corrected chi connectivity index (χ1v) is 13.5. The Morgan fingerprint density at radius 3 is 2.58 bits per heavy atom. The molecule has 1 unspecified atom stereocenters. The van der Waals surface area contributed by atoms with E-state index in [0.717, 1.165) is 17.2 Å². The maximum absolute atomic E-state index is 15.3. The first-order valence-electron chi connectivity index (χ1n) is 13.5. The molecule has 1 heterocycles. The Morgan fingerprint density at radius 2 is 1.93 bits per heavy atom. The summed E-state index contributed by atoms with van der Waals surface area (Å²) in [7, 11) is 0. The molecule has 5 N–H and O–H groups in total. The molecule has 4 rings (SSSR count). The molecule has 3 atom stereocenters. The van der Waals surface area contributed by atoms with E-state index >= 15 is 4.39 Å². The van der Waals surface area contributed by atoms with E-state index in [1.807, 2.05) is 6.07 Å². The summed E-state index contributed by atoms with van der Waals surface area (Å²) in [5, 5.41) is 23.2. The number of fused-ring (bicyclic) bond motifs is 2. The molecule has 0 saturated heterocycles. The van der Waals surface area contributed by atoms with E-state index in [0.29, 0.717) is 35.3 Å². The number of carboxylic acid groups (broad SMARTS) is 2. The number of amides is 2. The first-order chi connectivity index (χ1) is 20.4. The number of hydrogen-bond donors (Lipinski definition) is 5. The summed E-state index contributed by atoms with van der Waals surface area (Å²) in [5.74, 6) is -2.24. The lowest BCUT2D eigenvalue weighted by Crippen LogP contribution is -2.43. The van der Waals surface area contributed by atoms with Crippen molar-refractivity contribution in [1.29, 1.82) is 0 Å². The molecule has 0 fully saturated rings. The molecular weight excluding hydrogens is 561 g/mol. The largest absolute Gasteiger partial charge is 0.480 e. The van der Waals surface area contributed by atoms with E-state index in [4.69, 9.17) is 11.5 Å². The Kier molecular flexibility index (Phi) is 9.09. The zero-order chi connectivity index (χ0) is 31.4. The normalized spacial score (nSPS) is 15.2. The van der Waals surface area contributed by atoms with Crippen LogP contribution in [0.4, 0.5) is 10.1 Å². The van der Waals surface area contributed by atoms with Gasteiger partial charge in [0.15, 0.2) is 0 Å². The van der Waals surface area contributed by atoms with Crippen LogP contribution in [-0.2, 0) is 20.8 Å². The van der Waals surface area contributed by atoms with Crippen molar-refractivity contribution in [3.8, 4) is 12.3 Å². The molecule has 43 heavy (non-hydrogen) atoms. The second-order valence-corrected chi connectivity index (χ2v) is 10.3. The predicted molar refractivity (Wildman–Crippen MR) is 154 cm³/mol. The molecule has 1 aliphatic rings. The molecule has 0 aliphatic heterocycles. The maximum Gasteiger partial charge on any atom is 0.326 e. The van der Waals surface area contributed by atoms with Crippen LogP contribution in [0.1, 0.15) is 59.5 Å². The Hall–Kier alpha value is -5.25. The van der Waals surface area contributed by atoms with Crippen molar-refractivity contribution in [2.45, 2.75) is 57.7 Å². The number of nitrogens with zero attached hydrogens (tertiary/aromatic N) is 2. The SMILES string of the molecule is C#CCN(c1ccc(C(=O)N[C@@H](CCC(=O)N[C@H](C)C(=O)O)C(=O)O)c(F)c1)C1CCc2cc3nc(C)[nH]c(=O)c3cc21. The number of nitrogens with one attached hydrogen (secondary N) is 3. The zero-order valence-electron chi connectivity index (χ0n) is 23.4. The molecule has 224 valence electrons. The van der Waals surface area contributed by atoms with Crippen LogP contribution in [0.3, 0.4) is 0 Å². The van der Waals surface area contributed by atoms with Crippen molar-refractivity contribution in [1.82, 2.24) is 20.6 Å². The summed E-state index contributed by atoms with van der Waals surface area (Å²) in [5.41, 5.74) is 2.16. The van der Waals surface area contributed by atoms with Crippen molar-refractivity contribution in [2.24, 2.45) is 0 Å². The number of aryl methyl sites for hydroxylation is 2. The van der Waals surface area contributed by atoms with Gasteiger partial charge >= 0.3 is 11.9 Å². The fourth-order valence-electron chi connectivity index (χ4n) is 5.15. The second-order valence-electron chi connectivity index (χ2n) is 10.3. The minimum Gasteiger partial charge on any atom is -0.480 e. The maximum atomic E-state index is 15.3. The lowest BCUT2D eigenvalue weighted by atomic mass is 10.0. The Bertz CT molecular complexity index is 1710. The number of terminal acetylenes is 1. The molecule has 0 spiro atoms. The van der Waals surface area contributed by atoms with E-state index in [9.17, 15) is 29.1 Å². The number of carbonyl (C=O) groups excluding carboxylic acids is 2. The average Bonchev–Trinajstić information content (AvgIpc) is 3.34. The predicted octanol–water partition coefficient (Wildman–Crippen LogP) is 2.05. The molecule has 13 heteroatoms.